The molecule has 2 aromatic carbocycles. The van der Waals surface area contributed by atoms with Crippen molar-refractivity contribution in [2.45, 2.75) is 25.4 Å². The molecule has 1 fully saturated rings. The summed E-state index contributed by atoms with van der Waals surface area (Å²) in [6.07, 6.45) is 4.16. The average molecular weight is 350 g/mol. The number of likely N-dealkylation sites (tertiary alicyclic amines) is 1. The van der Waals surface area contributed by atoms with Gasteiger partial charge in [-0.3, -0.25) is 0 Å². The maximum atomic E-state index is 5.58. The molecule has 0 radical (unpaired) electrons. The first-order valence-electron chi connectivity index (χ1n) is 8.79. The molecule has 4 rings (SSSR count). The van der Waals surface area contributed by atoms with E-state index >= 15 is 0 Å². The summed E-state index contributed by atoms with van der Waals surface area (Å²) in [4.78, 5) is 6.81. The molecular formula is C20H22N4S. The van der Waals surface area contributed by atoms with Crippen LogP contribution in [0, 0.1) is 0 Å². The molecular weight excluding hydrogens is 328 g/mol. The van der Waals surface area contributed by atoms with Gasteiger partial charge in [-0.25, -0.2) is 4.98 Å². The number of imidazole rings is 1. The van der Waals surface area contributed by atoms with E-state index in [-0.39, 0.29) is 0 Å². The highest BCUT2D eigenvalue weighted by Gasteiger charge is 2.23. The fraction of sp³-hybridized carbons (Fsp3) is 0.300. The maximum Gasteiger partial charge on any atom is 0.169 e. The monoisotopic (exact) mass is 350 g/mol. The number of hydrogen-bond acceptors (Lipinski definition) is 2. The fourth-order valence-electron chi connectivity index (χ4n) is 3.50. The topological polar surface area (TPSA) is 33.1 Å². The highest BCUT2D eigenvalue weighted by Crippen LogP contribution is 2.26. The van der Waals surface area contributed by atoms with Crippen LogP contribution < -0.4 is 5.32 Å². The van der Waals surface area contributed by atoms with Gasteiger partial charge >= 0.3 is 0 Å². The van der Waals surface area contributed by atoms with Crippen molar-refractivity contribution in [3.63, 3.8) is 0 Å². The normalized spacial score (nSPS) is 15.4. The molecule has 1 N–H and O–H groups in total. The summed E-state index contributed by atoms with van der Waals surface area (Å²) in [7, 11) is 0. The Kier molecular flexibility index (Phi) is 4.65. The molecule has 0 saturated carbocycles. The second-order valence-corrected chi connectivity index (χ2v) is 6.89. The molecule has 1 saturated heterocycles. The van der Waals surface area contributed by atoms with E-state index in [1.54, 1.807) is 0 Å². The van der Waals surface area contributed by atoms with E-state index in [0.29, 0.717) is 6.04 Å². The molecule has 4 nitrogen and oxygen atoms in total. The molecule has 3 aromatic rings. The van der Waals surface area contributed by atoms with E-state index in [4.69, 9.17) is 12.2 Å². The number of thiocarbonyl (C=S) groups is 1. The summed E-state index contributed by atoms with van der Waals surface area (Å²) in [5, 5.41) is 4.25. The number of aromatic nitrogens is 2. The quantitative estimate of drug-likeness (QED) is 0.730. The van der Waals surface area contributed by atoms with Crippen LogP contribution in [0.2, 0.25) is 0 Å². The zero-order valence-electron chi connectivity index (χ0n) is 14.1. The van der Waals surface area contributed by atoms with Crippen LogP contribution in [0.3, 0.4) is 0 Å². The van der Waals surface area contributed by atoms with Crippen molar-refractivity contribution in [2.75, 3.05) is 13.1 Å². The Morgan fingerprint density at radius 2 is 1.76 bits per heavy atom. The standard InChI is InChI=1S/C20H22N4S/c25-20(21-14-16-6-2-1-3-7-16)23-12-10-17(11-13-23)24-15-22-18-8-4-5-9-19(18)24/h1-9,15,17H,10-14H2,(H,21,25). The van der Waals surface area contributed by atoms with E-state index in [2.05, 4.69) is 62.2 Å². The summed E-state index contributed by atoms with van der Waals surface area (Å²) in [5.74, 6) is 0. The molecule has 1 aromatic heterocycles. The Bertz CT molecular complexity index is 850. The minimum absolute atomic E-state index is 0.501. The fourth-order valence-corrected chi connectivity index (χ4v) is 3.76. The Labute approximate surface area is 153 Å². The smallest absolute Gasteiger partial charge is 0.169 e. The zero-order valence-corrected chi connectivity index (χ0v) is 15.0. The van der Waals surface area contributed by atoms with Crippen LogP contribution >= 0.6 is 12.2 Å². The van der Waals surface area contributed by atoms with Crippen molar-refractivity contribution in [1.82, 2.24) is 19.8 Å². The lowest BCUT2D eigenvalue weighted by atomic mass is 10.0. The van der Waals surface area contributed by atoms with Crippen LogP contribution in [0.1, 0.15) is 24.4 Å². The lowest BCUT2D eigenvalue weighted by Gasteiger charge is -2.34. The van der Waals surface area contributed by atoms with Crippen LogP contribution in [-0.2, 0) is 6.54 Å². The average Bonchev–Trinajstić information content (AvgIpc) is 3.11. The third-order valence-electron chi connectivity index (χ3n) is 4.91. The van der Waals surface area contributed by atoms with E-state index in [1.807, 2.05) is 18.5 Å². The lowest BCUT2D eigenvalue weighted by molar-refractivity contribution is 0.267. The first kappa shape index (κ1) is 16.1. The van der Waals surface area contributed by atoms with Gasteiger partial charge in [0, 0.05) is 25.7 Å². The van der Waals surface area contributed by atoms with Crippen LogP contribution in [-0.4, -0.2) is 32.7 Å². The summed E-state index contributed by atoms with van der Waals surface area (Å²) < 4.78 is 2.33. The lowest BCUT2D eigenvalue weighted by Crippen LogP contribution is -2.44. The second kappa shape index (κ2) is 7.23. The molecule has 128 valence electrons. The van der Waals surface area contributed by atoms with Gasteiger partial charge in [-0.15, -0.1) is 0 Å². The molecule has 0 bridgehead atoms. The number of hydrogen-bond donors (Lipinski definition) is 1. The zero-order chi connectivity index (χ0) is 17.1. The van der Waals surface area contributed by atoms with Gasteiger partial charge in [0.1, 0.15) is 0 Å². The molecule has 0 atom stereocenters. The molecule has 0 unspecified atom stereocenters. The third kappa shape index (κ3) is 3.51. The van der Waals surface area contributed by atoms with Gasteiger partial charge in [0.25, 0.3) is 0 Å². The van der Waals surface area contributed by atoms with E-state index in [1.165, 1.54) is 11.1 Å². The van der Waals surface area contributed by atoms with E-state index in [0.717, 1.165) is 43.1 Å². The predicted octanol–water partition coefficient (Wildman–Crippen LogP) is 3.75. The first-order chi connectivity index (χ1) is 12.3. The first-order valence-corrected chi connectivity index (χ1v) is 9.20. The van der Waals surface area contributed by atoms with E-state index in [9.17, 15) is 0 Å². The van der Waals surface area contributed by atoms with Gasteiger partial charge in [0.2, 0.25) is 0 Å². The van der Waals surface area contributed by atoms with Crippen molar-refractivity contribution in [2.24, 2.45) is 0 Å². The molecule has 0 amide bonds. The van der Waals surface area contributed by atoms with Crippen LogP contribution in [0.4, 0.5) is 0 Å². The van der Waals surface area contributed by atoms with Gasteiger partial charge in [-0.05, 0) is 42.8 Å². The van der Waals surface area contributed by atoms with Gasteiger partial charge in [0.15, 0.2) is 5.11 Å². The Balaban J connectivity index is 1.34. The third-order valence-corrected chi connectivity index (χ3v) is 5.32. The summed E-state index contributed by atoms with van der Waals surface area (Å²) in [6, 6.07) is 19.2. The summed E-state index contributed by atoms with van der Waals surface area (Å²) in [6.45, 7) is 2.75. The van der Waals surface area contributed by atoms with Crippen molar-refractivity contribution < 1.29 is 0 Å². The Hall–Kier alpha value is -2.40. The van der Waals surface area contributed by atoms with Gasteiger partial charge < -0.3 is 14.8 Å². The maximum absolute atomic E-state index is 5.58. The number of rotatable bonds is 3. The predicted molar refractivity (Wildman–Crippen MR) is 105 cm³/mol. The molecule has 2 heterocycles. The van der Waals surface area contributed by atoms with Crippen LogP contribution in [0.15, 0.2) is 60.9 Å². The van der Waals surface area contributed by atoms with Gasteiger partial charge in [-0.2, -0.15) is 0 Å². The minimum Gasteiger partial charge on any atom is -0.358 e. The number of benzene rings is 2. The molecule has 0 aliphatic carbocycles. The number of fused-ring (bicyclic) bond motifs is 1. The molecule has 5 heteroatoms. The summed E-state index contributed by atoms with van der Waals surface area (Å²) >= 11 is 5.58. The SMILES string of the molecule is S=C(NCc1ccccc1)N1CCC(n2cnc3ccccc32)CC1. The largest absolute Gasteiger partial charge is 0.358 e. The molecule has 1 aliphatic rings. The van der Waals surface area contributed by atoms with Crippen LogP contribution in [0.25, 0.3) is 11.0 Å². The molecule has 1 aliphatic heterocycles. The van der Waals surface area contributed by atoms with Crippen molar-refractivity contribution >= 4 is 28.4 Å². The second-order valence-electron chi connectivity index (χ2n) is 6.50. The number of nitrogens with zero attached hydrogens (tertiary/aromatic N) is 3. The summed E-state index contributed by atoms with van der Waals surface area (Å²) in [5.41, 5.74) is 3.56. The van der Waals surface area contributed by atoms with Crippen molar-refractivity contribution in [3.8, 4) is 0 Å². The Morgan fingerprint density at radius 3 is 2.56 bits per heavy atom. The van der Waals surface area contributed by atoms with Gasteiger partial charge in [-0.1, -0.05) is 42.5 Å². The van der Waals surface area contributed by atoms with Crippen LogP contribution in [0.5, 0.6) is 0 Å². The number of para-hydroxylation sites is 2. The molecule has 0 spiro atoms. The Morgan fingerprint density at radius 1 is 1.04 bits per heavy atom. The van der Waals surface area contributed by atoms with Gasteiger partial charge in [0.05, 0.1) is 17.4 Å². The minimum atomic E-state index is 0.501. The number of piperidine rings is 1. The van der Waals surface area contributed by atoms with Crippen molar-refractivity contribution in [3.05, 3.63) is 66.5 Å². The highest BCUT2D eigenvalue weighted by molar-refractivity contribution is 7.80. The highest BCUT2D eigenvalue weighted by atomic mass is 32.1. The van der Waals surface area contributed by atoms with E-state index < -0.39 is 0 Å². The molecule has 25 heavy (non-hydrogen) atoms. The number of nitrogens with one attached hydrogen (secondary N) is 1. The van der Waals surface area contributed by atoms with Crippen molar-refractivity contribution in [1.29, 1.82) is 0 Å².